The van der Waals surface area contributed by atoms with Crippen LogP contribution < -0.4 is 0 Å². The van der Waals surface area contributed by atoms with Gasteiger partial charge in [-0.05, 0) is 52.5 Å². The second kappa shape index (κ2) is 11.6. The fraction of sp³-hybridized carbons (Fsp3) is 0.308. The summed E-state index contributed by atoms with van der Waals surface area (Å²) in [7, 11) is 0. The Kier molecular flexibility index (Phi) is 8.52. The van der Waals surface area contributed by atoms with E-state index in [1.807, 2.05) is 17.8 Å². The lowest BCUT2D eigenvalue weighted by molar-refractivity contribution is -0.128. The fourth-order valence-electron chi connectivity index (χ4n) is 4.05. The van der Waals surface area contributed by atoms with Gasteiger partial charge in [0.05, 0.1) is 6.61 Å². The topological polar surface area (TPSA) is 43.4 Å². The van der Waals surface area contributed by atoms with Gasteiger partial charge in [-0.25, -0.2) is 0 Å². The van der Waals surface area contributed by atoms with E-state index in [4.69, 9.17) is 0 Å². The van der Waals surface area contributed by atoms with Crippen LogP contribution in [0.3, 0.4) is 0 Å². The molecular formula is C26H28O3S. The molecule has 1 aliphatic heterocycles. The SMILES string of the molecule is C1=CCSC=C1.CCOC=O.O=C1CCC2C=Cc3c(ccc4ccccc34)C2C1. The summed E-state index contributed by atoms with van der Waals surface area (Å²) in [4.78, 5) is 20.9. The first-order chi connectivity index (χ1) is 14.7. The number of ketones is 1. The molecule has 1 saturated carbocycles. The number of rotatable bonds is 2. The van der Waals surface area contributed by atoms with Crippen LogP contribution in [-0.4, -0.2) is 24.6 Å². The Morgan fingerprint density at radius 1 is 1.17 bits per heavy atom. The highest BCUT2D eigenvalue weighted by Gasteiger charge is 2.32. The van der Waals surface area contributed by atoms with E-state index in [0.29, 0.717) is 30.7 Å². The van der Waals surface area contributed by atoms with Crippen molar-refractivity contribution in [1.82, 2.24) is 0 Å². The first kappa shape index (κ1) is 22.1. The number of allylic oxidation sites excluding steroid dienone is 3. The van der Waals surface area contributed by atoms with E-state index in [9.17, 15) is 9.59 Å². The van der Waals surface area contributed by atoms with E-state index < -0.39 is 0 Å². The summed E-state index contributed by atoms with van der Waals surface area (Å²) in [5.41, 5.74) is 2.70. The van der Waals surface area contributed by atoms with E-state index >= 15 is 0 Å². The maximum atomic E-state index is 11.8. The lowest BCUT2D eigenvalue weighted by Gasteiger charge is -2.33. The molecule has 4 heteroatoms. The lowest BCUT2D eigenvalue weighted by Crippen LogP contribution is -2.24. The van der Waals surface area contributed by atoms with E-state index in [1.54, 1.807) is 6.92 Å². The minimum absolute atomic E-state index is 0.408. The highest BCUT2D eigenvalue weighted by atomic mass is 32.2. The normalized spacial score (nSPS) is 20.8. The van der Waals surface area contributed by atoms with Crippen LogP contribution in [0.4, 0.5) is 0 Å². The molecule has 156 valence electrons. The van der Waals surface area contributed by atoms with Crippen LogP contribution in [0.1, 0.15) is 43.2 Å². The summed E-state index contributed by atoms with van der Waals surface area (Å²) in [6.45, 7) is 2.66. The van der Waals surface area contributed by atoms with Crippen LogP contribution in [-0.2, 0) is 14.3 Å². The van der Waals surface area contributed by atoms with Crippen molar-refractivity contribution >= 4 is 40.9 Å². The summed E-state index contributed by atoms with van der Waals surface area (Å²) in [5, 5.41) is 4.69. The molecule has 2 atom stereocenters. The zero-order valence-electron chi connectivity index (χ0n) is 17.3. The molecule has 0 saturated heterocycles. The Labute approximate surface area is 182 Å². The molecule has 0 radical (unpaired) electrons. The number of hydrogen-bond acceptors (Lipinski definition) is 4. The number of Topliss-reactive ketones (excluding diaryl/α,β-unsaturated/α-hetero) is 1. The number of thioether (sulfide) groups is 1. The Morgan fingerprint density at radius 2 is 2.03 bits per heavy atom. The first-order valence-electron chi connectivity index (χ1n) is 10.4. The molecule has 0 spiro atoms. The maximum Gasteiger partial charge on any atom is 0.293 e. The largest absolute Gasteiger partial charge is 0.468 e. The fourth-order valence-corrected chi connectivity index (χ4v) is 4.59. The minimum Gasteiger partial charge on any atom is -0.468 e. The highest BCUT2D eigenvalue weighted by molar-refractivity contribution is 8.02. The van der Waals surface area contributed by atoms with Crippen LogP contribution in [0.2, 0.25) is 0 Å². The molecule has 3 nitrogen and oxygen atoms in total. The van der Waals surface area contributed by atoms with Gasteiger partial charge in [-0.15, -0.1) is 11.8 Å². The van der Waals surface area contributed by atoms with Gasteiger partial charge in [-0.2, -0.15) is 0 Å². The zero-order chi connectivity index (χ0) is 21.2. The summed E-state index contributed by atoms with van der Waals surface area (Å²) in [5.74, 6) is 2.55. The molecule has 0 aromatic heterocycles. The Hall–Kier alpha value is -2.59. The summed E-state index contributed by atoms with van der Waals surface area (Å²) >= 11 is 1.83. The first-order valence-corrected chi connectivity index (χ1v) is 11.5. The molecule has 2 unspecified atom stereocenters. The summed E-state index contributed by atoms with van der Waals surface area (Å²) in [6.07, 6.45) is 13.4. The Balaban J connectivity index is 0.000000193. The Morgan fingerprint density at radius 3 is 2.67 bits per heavy atom. The van der Waals surface area contributed by atoms with Crippen LogP contribution in [0, 0.1) is 5.92 Å². The molecule has 5 rings (SSSR count). The van der Waals surface area contributed by atoms with E-state index in [0.717, 1.165) is 25.0 Å². The smallest absolute Gasteiger partial charge is 0.293 e. The van der Waals surface area contributed by atoms with Crippen molar-refractivity contribution in [2.75, 3.05) is 12.4 Å². The predicted molar refractivity (Wildman–Crippen MR) is 126 cm³/mol. The monoisotopic (exact) mass is 420 g/mol. The minimum atomic E-state index is 0.408. The van der Waals surface area contributed by atoms with Gasteiger partial charge in [-0.1, -0.05) is 66.8 Å². The molecule has 3 aliphatic rings. The van der Waals surface area contributed by atoms with Crippen LogP contribution in [0.25, 0.3) is 16.8 Å². The molecule has 2 aromatic rings. The van der Waals surface area contributed by atoms with Crippen molar-refractivity contribution in [3.63, 3.8) is 0 Å². The van der Waals surface area contributed by atoms with Gasteiger partial charge in [0.15, 0.2) is 0 Å². The molecule has 2 aliphatic carbocycles. The highest BCUT2D eigenvalue weighted by Crippen LogP contribution is 2.44. The standard InChI is InChI=1S/C18H16O.C5H6S.C3H6O2/c19-14-8-5-13-7-9-16-15-4-2-1-3-12(15)6-10-17(16)18(13)11-14;1-2-4-6-5-3-1;1-2-5-3-4/h1-4,6-7,9-10,13,18H,5,8,11H2;1-4H,5H2;3H,2H2,1H3. The van der Waals surface area contributed by atoms with Gasteiger partial charge >= 0.3 is 0 Å². The molecule has 0 N–H and O–H groups in total. The van der Waals surface area contributed by atoms with Crippen molar-refractivity contribution in [3.8, 4) is 0 Å². The van der Waals surface area contributed by atoms with E-state index in [1.165, 1.54) is 21.9 Å². The summed E-state index contributed by atoms with van der Waals surface area (Å²) < 4.78 is 4.15. The van der Waals surface area contributed by atoms with Crippen molar-refractivity contribution in [2.24, 2.45) is 5.92 Å². The molecule has 1 fully saturated rings. The molecule has 0 bridgehead atoms. The molecule has 0 amide bonds. The zero-order valence-corrected chi connectivity index (χ0v) is 18.1. The molecule has 30 heavy (non-hydrogen) atoms. The predicted octanol–water partition coefficient (Wildman–Crippen LogP) is 6.30. The maximum absolute atomic E-state index is 11.8. The van der Waals surface area contributed by atoms with E-state index in [2.05, 4.69) is 70.8 Å². The third-order valence-corrected chi connectivity index (χ3v) is 6.22. The third-order valence-electron chi connectivity index (χ3n) is 5.48. The second-order valence-electron chi connectivity index (χ2n) is 7.34. The number of carbonyl (C=O) groups is 2. The molecule has 1 heterocycles. The number of fused-ring (bicyclic) bond motifs is 5. The average Bonchev–Trinajstić information content (AvgIpc) is 2.81. The molecular weight excluding hydrogens is 392 g/mol. The summed E-state index contributed by atoms with van der Waals surface area (Å²) in [6, 6.07) is 12.9. The Bertz CT molecular complexity index is 946. The van der Waals surface area contributed by atoms with Crippen LogP contribution in [0.5, 0.6) is 0 Å². The van der Waals surface area contributed by atoms with Gasteiger partial charge in [0, 0.05) is 18.6 Å². The lowest BCUT2D eigenvalue weighted by atomic mass is 9.70. The second-order valence-corrected chi connectivity index (χ2v) is 8.28. The van der Waals surface area contributed by atoms with Gasteiger partial charge in [0.1, 0.15) is 5.78 Å². The van der Waals surface area contributed by atoms with Crippen molar-refractivity contribution in [1.29, 1.82) is 0 Å². The number of hydrogen-bond donors (Lipinski definition) is 0. The third kappa shape index (κ3) is 5.73. The van der Waals surface area contributed by atoms with E-state index in [-0.39, 0.29) is 0 Å². The van der Waals surface area contributed by atoms with Crippen LogP contribution in [0.15, 0.2) is 66.1 Å². The van der Waals surface area contributed by atoms with Gasteiger partial charge in [0.2, 0.25) is 0 Å². The van der Waals surface area contributed by atoms with Crippen molar-refractivity contribution < 1.29 is 14.3 Å². The number of ether oxygens (including phenoxy) is 1. The van der Waals surface area contributed by atoms with Crippen molar-refractivity contribution in [3.05, 3.63) is 77.2 Å². The number of benzene rings is 2. The average molecular weight is 421 g/mol. The van der Waals surface area contributed by atoms with Gasteiger partial charge < -0.3 is 4.74 Å². The molecule has 2 aromatic carbocycles. The van der Waals surface area contributed by atoms with Gasteiger partial charge in [0.25, 0.3) is 6.47 Å². The van der Waals surface area contributed by atoms with Crippen LogP contribution >= 0.6 is 11.8 Å². The quantitative estimate of drug-likeness (QED) is 0.535. The van der Waals surface area contributed by atoms with Crippen molar-refractivity contribution in [2.45, 2.75) is 32.1 Å². The number of carbonyl (C=O) groups excluding carboxylic acids is 2. The van der Waals surface area contributed by atoms with Gasteiger partial charge in [-0.3, -0.25) is 9.59 Å².